The molecule has 1 saturated carbocycles. The van der Waals surface area contributed by atoms with Crippen LogP contribution in [-0.2, 0) is 6.54 Å². The van der Waals surface area contributed by atoms with Crippen LogP contribution in [0, 0.1) is 11.8 Å². The normalized spacial score (nSPS) is 27.4. The second-order valence-electron chi connectivity index (χ2n) is 5.41. The summed E-state index contributed by atoms with van der Waals surface area (Å²) in [6, 6.07) is 6.13. The molecule has 0 heterocycles. The molecule has 3 unspecified atom stereocenters. The molecule has 1 aliphatic carbocycles. The quantitative estimate of drug-likeness (QED) is 0.862. The van der Waals surface area contributed by atoms with Gasteiger partial charge in [0, 0.05) is 12.6 Å². The third-order valence-corrected chi connectivity index (χ3v) is 4.28. The van der Waals surface area contributed by atoms with E-state index in [-0.39, 0.29) is 5.75 Å². The van der Waals surface area contributed by atoms with Gasteiger partial charge in [-0.15, -0.1) is 0 Å². The molecule has 100 valence electrons. The maximum Gasteiger partial charge on any atom is 0.160 e. The summed E-state index contributed by atoms with van der Waals surface area (Å²) < 4.78 is 5.12. The van der Waals surface area contributed by atoms with Crippen LogP contribution in [0.2, 0.25) is 0 Å². The molecule has 1 aromatic rings. The minimum Gasteiger partial charge on any atom is -0.504 e. The predicted molar refractivity (Wildman–Crippen MR) is 72.8 cm³/mol. The number of hydrogen-bond acceptors (Lipinski definition) is 3. The van der Waals surface area contributed by atoms with Gasteiger partial charge in [0.15, 0.2) is 11.5 Å². The topological polar surface area (TPSA) is 41.5 Å². The summed E-state index contributed by atoms with van der Waals surface area (Å²) >= 11 is 0. The van der Waals surface area contributed by atoms with Crippen molar-refractivity contribution >= 4 is 0 Å². The minimum atomic E-state index is 0.198. The van der Waals surface area contributed by atoms with Crippen LogP contribution in [0.15, 0.2) is 18.2 Å². The number of aromatic hydroxyl groups is 1. The van der Waals surface area contributed by atoms with Crippen molar-refractivity contribution < 1.29 is 9.84 Å². The molecule has 0 amide bonds. The molecular weight excluding hydrogens is 226 g/mol. The fourth-order valence-corrected chi connectivity index (χ4v) is 2.73. The maximum atomic E-state index is 9.55. The first-order valence-electron chi connectivity index (χ1n) is 6.71. The molecule has 1 fully saturated rings. The number of nitrogens with one attached hydrogen (secondary N) is 1. The van der Waals surface area contributed by atoms with Crippen LogP contribution in [0.1, 0.15) is 32.3 Å². The highest BCUT2D eigenvalue weighted by atomic mass is 16.5. The Morgan fingerprint density at radius 3 is 2.72 bits per heavy atom. The molecule has 0 radical (unpaired) electrons. The summed E-state index contributed by atoms with van der Waals surface area (Å²) in [5.41, 5.74) is 1.15. The van der Waals surface area contributed by atoms with Crippen LogP contribution in [-0.4, -0.2) is 18.3 Å². The maximum absolute atomic E-state index is 9.55. The molecule has 0 saturated heterocycles. The van der Waals surface area contributed by atoms with Gasteiger partial charge < -0.3 is 15.2 Å². The zero-order valence-electron chi connectivity index (χ0n) is 11.4. The highest BCUT2D eigenvalue weighted by Gasteiger charge is 2.28. The molecule has 0 aliphatic heterocycles. The number of phenolic OH excluding ortho intramolecular Hbond substituents is 1. The lowest BCUT2D eigenvalue weighted by molar-refractivity contribution is 0.365. The summed E-state index contributed by atoms with van der Waals surface area (Å²) in [5.74, 6) is 2.30. The molecule has 0 bridgehead atoms. The van der Waals surface area contributed by atoms with Gasteiger partial charge >= 0.3 is 0 Å². The van der Waals surface area contributed by atoms with E-state index < -0.39 is 0 Å². The Morgan fingerprint density at radius 1 is 1.33 bits per heavy atom. The highest BCUT2D eigenvalue weighted by molar-refractivity contribution is 5.41. The zero-order chi connectivity index (χ0) is 13.1. The second-order valence-corrected chi connectivity index (χ2v) is 5.41. The Balaban J connectivity index is 1.94. The van der Waals surface area contributed by atoms with E-state index in [0.717, 1.165) is 23.9 Å². The number of ether oxygens (including phenoxy) is 1. The average Bonchev–Trinajstić information content (AvgIpc) is 2.69. The van der Waals surface area contributed by atoms with Crippen LogP contribution in [0.25, 0.3) is 0 Å². The summed E-state index contributed by atoms with van der Waals surface area (Å²) in [6.45, 7) is 5.49. The summed E-state index contributed by atoms with van der Waals surface area (Å²) in [4.78, 5) is 0. The van der Waals surface area contributed by atoms with Crippen LogP contribution in [0.5, 0.6) is 11.5 Å². The lowest BCUT2D eigenvalue weighted by atomic mass is 9.97. The lowest BCUT2D eigenvalue weighted by Gasteiger charge is -2.20. The zero-order valence-corrected chi connectivity index (χ0v) is 11.4. The van der Waals surface area contributed by atoms with Gasteiger partial charge in [0.2, 0.25) is 0 Å². The van der Waals surface area contributed by atoms with Crippen molar-refractivity contribution in [3.8, 4) is 11.5 Å². The number of phenols is 1. The molecule has 0 spiro atoms. The van der Waals surface area contributed by atoms with Crippen LogP contribution in [0.3, 0.4) is 0 Å². The Hall–Kier alpha value is -1.22. The molecule has 1 aliphatic rings. The Kier molecular flexibility index (Phi) is 4.12. The van der Waals surface area contributed by atoms with Crippen molar-refractivity contribution in [3.05, 3.63) is 23.8 Å². The fraction of sp³-hybridized carbons (Fsp3) is 0.600. The van der Waals surface area contributed by atoms with Gasteiger partial charge in [-0.3, -0.25) is 0 Å². The summed E-state index contributed by atoms with van der Waals surface area (Å²) in [5, 5.41) is 13.2. The third kappa shape index (κ3) is 2.78. The van der Waals surface area contributed by atoms with E-state index in [4.69, 9.17) is 4.74 Å². The van der Waals surface area contributed by atoms with Gasteiger partial charge in [-0.2, -0.15) is 0 Å². The molecule has 3 atom stereocenters. The lowest BCUT2D eigenvalue weighted by Crippen LogP contribution is -2.31. The summed E-state index contributed by atoms with van der Waals surface area (Å²) in [6.07, 6.45) is 2.58. The van der Waals surface area contributed by atoms with Gasteiger partial charge in [-0.25, -0.2) is 0 Å². The van der Waals surface area contributed by atoms with E-state index in [2.05, 4.69) is 19.2 Å². The molecule has 2 N–H and O–H groups in total. The van der Waals surface area contributed by atoms with Gasteiger partial charge in [-0.1, -0.05) is 19.9 Å². The molecular formula is C15H23NO2. The fourth-order valence-electron chi connectivity index (χ4n) is 2.73. The standard InChI is InChI=1S/C15H23NO2/c1-10-4-6-13(11(10)2)16-9-12-5-7-14(17)15(8-12)18-3/h5,7-8,10-11,13,16-17H,4,6,9H2,1-3H3. The van der Waals surface area contributed by atoms with Crippen molar-refractivity contribution in [2.75, 3.05) is 7.11 Å². The van der Waals surface area contributed by atoms with Crippen molar-refractivity contribution in [2.24, 2.45) is 11.8 Å². The Morgan fingerprint density at radius 2 is 2.11 bits per heavy atom. The van der Waals surface area contributed by atoms with E-state index in [1.165, 1.54) is 12.8 Å². The van der Waals surface area contributed by atoms with Crippen molar-refractivity contribution in [2.45, 2.75) is 39.3 Å². The van der Waals surface area contributed by atoms with E-state index >= 15 is 0 Å². The largest absolute Gasteiger partial charge is 0.504 e. The number of rotatable bonds is 4. The first-order valence-corrected chi connectivity index (χ1v) is 6.71. The van der Waals surface area contributed by atoms with Gasteiger partial charge in [0.05, 0.1) is 7.11 Å². The van der Waals surface area contributed by atoms with E-state index in [9.17, 15) is 5.11 Å². The van der Waals surface area contributed by atoms with Crippen LogP contribution in [0.4, 0.5) is 0 Å². The SMILES string of the molecule is COc1cc(CNC2CCC(C)C2C)ccc1O. The molecule has 3 nitrogen and oxygen atoms in total. The average molecular weight is 249 g/mol. The first kappa shape index (κ1) is 13.2. The van der Waals surface area contributed by atoms with Crippen molar-refractivity contribution in [1.82, 2.24) is 5.32 Å². The monoisotopic (exact) mass is 249 g/mol. The molecule has 3 heteroatoms. The number of methoxy groups -OCH3 is 1. The van der Waals surface area contributed by atoms with E-state index in [1.54, 1.807) is 13.2 Å². The Bertz CT molecular complexity index is 405. The molecule has 0 aromatic heterocycles. The number of hydrogen-bond donors (Lipinski definition) is 2. The Labute approximate surface area is 109 Å². The molecule has 2 rings (SSSR count). The third-order valence-electron chi connectivity index (χ3n) is 4.28. The van der Waals surface area contributed by atoms with E-state index in [1.807, 2.05) is 12.1 Å². The smallest absolute Gasteiger partial charge is 0.160 e. The summed E-state index contributed by atoms with van der Waals surface area (Å²) in [7, 11) is 1.58. The highest BCUT2D eigenvalue weighted by Crippen LogP contribution is 2.31. The van der Waals surface area contributed by atoms with Crippen LogP contribution >= 0.6 is 0 Å². The van der Waals surface area contributed by atoms with E-state index in [0.29, 0.717) is 11.8 Å². The number of benzene rings is 1. The first-order chi connectivity index (χ1) is 8.61. The predicted octanol–water partition coefficient (Wildman–Crippen LogP) is 2.93. The molecule has 1 aromatic carbocycles. The molecule has 18 heavy (non-hydrogen) atoms. The van der Waals surface area contributed by atoms with Gasteiger partial charge in [-0.05, 0) is 42.4 Å². The van der Waals surface area contributed by atoms with Crippen molar-refractivity contribution in [3.63, 3.8) is 0 Å². The minimum absolute atomic E-state index is 0.198. The van der Waals surface area contributed by atoms with Crippen LogP contribution < -0.4 is 10.1 Å². The van der Waals surface area contributed by atoms with Gasteiger partial charge in [0.1, 0.15) is 0 Å². The van der Waals surface area contributed by atoms with Gasteiger partial charge in [0.25, 0.3) is 0 Å². The second kappa shape index (κ2) is 5.61. The van der Waals surface area contributed by atoms with Crippen molar-refractivity contribution in [1.29, 1.82) is 0 Å².